The van der Waals surface area contributed by atoms with Gasteiger partial charge < -0.3 is 5.32 Å². The summed E-state index contributed by atoms with van der Waals surface area (Å²) in [6, 6.07) is 7.62. The SMILES string of the molecule is O=S(=O)(C1CC1)N1Cc2ccnn2C[C@@H](CNc2ccccn2)C1. The molecule has 2 aromatic rings. The van der Waals surface area contributed by atoms with Crippen LogP contribution in [0.5, 0.6) is 0 Å². The van der Waals surface area contributed by atoms with E-state index in [1.54, 1.807) is 16.7 Å². The molecule has 1 saturated carbocycles. The van der Waals surface area contributed by atoms with Crippen LogP contribution in [0.2, 0.25) is 0 Å². The summed E-state index contributed by atoms with van der Waals surface area (Å²) in [5, 5.41) is 7.48. The lowest BCUT2D eigenvalue weighted by Crippen LogP contribution is -2.38. The van der Waals surface area contributed by atoms with E-state index < -0.39 is 10.0 Å². The monoisotopic (exact) mass is 347 g/mol. The molecule has 0 radical (unpaired) electrons. The first-order valence-corrected chi connectivity index (χ1v) is 9.78. The van der Waals surface area contributed by atoms with E-state index in [1.165, 1.54) is 0 Å². The number of anilines is 1. The van der Waals surface area contributed by atoms with Crippen LogP contribution < -0.4 is 5.32 Å². The highest BCUT2D eigenvalue weighted by atomic mass is 32.2. The zero-order valence-corrected chi connectivity index (χ0v) is 14.2. The Balaban J connectivity index is 1.53. The van der Waals surface area contributed by atoms with Crippen LogP contribution in [0.4, 0.5) is 5.82 Å². The maximum atomic E-state index is 12.7. The van der Waals surface area contributed by atoms with Gasteiger partial charge in [0.05, 0.1) is 17.5 Å². The first-order chi connectivity index (χ1) is 11.6. The second kappa shape index (κ2) is 6.18. The molecule has 3 heterocycles. The summed E-state index contributed by atoms with van der Waals surface area (Å²) in [7, 11) is -3.20. The van der Waals surface area contributed by atoms with Crippen molar-refractivity contribution in [3.05, 3.63) is 42.4 Å². The van der Waals surface area contributed by atoms with Crippen molar-refractivity contribution in [1.82, 2.24) is 19.1 Å². The zero-order valence-electron chi connectivity index (χ0n) is 13.4. The predicted molar refractivity (Wildman–Crippen MR) is 90.8 cm³/mol. The molecule has 0 unspecified atom stereocenters. The lowest BCUT2D eigenvalue weighted by molar-refractivity contribution is 0.345. The van der Waals surface area contributed by atoms with Crippen molar-refractivity contribution in [2.45, 2.75) is 31.2 Å². The van der Waals surface area contributed by atoms with Gasteiger partial charge in [-0.25, -0.2) is 13.4 Å². The topological polar surface area (TPSA) is 80.1 Å². The first kappa shape index (κ1) is 15.6. The molecule has 0 bridgehead atoms. The Kier molecular flexibility index (Phi) is 4.01. The zero-order chi connectivity index (χ0) is 16.6. The molecule has 128 valence electrons. The Morgan fingerprint density at radius 3 is 2.79 bits per heavy atom. The molecule has 24 heavy (non-hydrogen) atoms. The number of rotatable bonds is 5. The molecule has 1 aliphatic heterocycles. The lowest BCUT2D eigenvalue weighted by atomic mass is 10.1. The van der Waals surface area contributed by atoms with Crippen LogP contribution in [0.15, 0.2) is 36.7 Å². The number of nitrogens with zero attached hydrogens (tertiary/aromatic N) is 4. The molecular formula is C16H21N5O2S. The van der Waals surface area contributed by atoms with Gasteiger partial charge in [-0.05, 0) is 31.0 Å². The van der Waals surface area contributed by atoms with Crippen LogP contribution in [-0.2, 0) is 23.1 Å². The molecular weight excluding hydrogens is 326 g/mol. The van der Waals surface area contributed by atoms with Crippen molar-refractivity contribution in [3.8, 4) is 0 Å². The maximum Gasteiger partial charge on any atom is 0.217 e. The summed E-state index contributed by atoms with van der Waals surface area (Å²) in [6.07, 6.45) is 5.06. The number of pyridine rings is 1. The lowest BCUT2D eigenvalue weighted by Gasteiger charge is -2.23. The first-order valence-electron chi connectivity index (χ1n) is 8.27. The second-order valence-corrected chi connectivity index (χ2v) is 8.72. The van der Waals surface area contributed by atoms with Crippen molar-refractivity contribution in [2.75, 3.05) is 18.4 Å². The maximum absolute atomic E-state index is 12.7. The van der Waals surface area contributed by atoms with E-state index in [0.29, 0.717) is 26.2 Å². The average Bonchev–Trinajstić information content (AvgIpc) is 3.38. The minimum atomic E-state index is -3.20. The Morgan fingerprint density at radius 2 is 2.04 bits per heavy atom. The number of fused-ring (bicyclic) bond motifs is 1. The summed E-state index contributed by atoms with van der Waals surface area (Å²) >= 11 is 0. The molecule has 0 aromatic carbocycles. The molecule has 7 nitrogen and oxygen atoms in total. The van der Waals surface area contributed by atoms with Gasteiger partial charge in [0.15, 0.2) is 0 Å². The third-order valence-electron chi connectivity index (χ3n) is 4.58. The smallest absolute Gasteiger partial charge is 0.217 e. The molecule has 2 aromatic heterocycles. The van der Waals surface area contributed by atoms with Gasteiger partial charge in [-0.1, -0.05) is 6.07 Å². The standard InChI is InChI=1S/C16H21N5O2S/c22-24(23,15-4-5-15)20-10-13(9-18-16-3-1-2-7-17-16)11-21-14(12-20)6-8-19-21/h1-3,6-8,13,15H,4-5,9-12H2,(H,17,18)/t13-/m0/s1. The van der Waals surface area contributed by atoms with Gasteiger partial charge in [0.25, 0.3) is 0 Å². The fourth-order valence-corrected chi connectivity index (χ4v) is 4.99. The molecule has 0 spiro atoms. The molecule has 8 heteroatoms. The van der Waals surface area contributed by atoms with E-state index in [2.05, 4.69) is 15.4 Å². The minimum Gasteiger partial charge on any atom is -0.370 e. The Morgan fingerprint density at radius 1 is 1.17 bits per heavy atom. The molecule has 1 fully saturated rings. The molecule has 1 N–H and O–H groups in total. The van der Waals surface area contributed by atoms with E-state index in [1.807, 2.05) is 28.9 Å². The largest absolute Gasteiger partial charge is 0.370 e. The van der Waals surface area contributed by atoms with Crippen LogP contribution in [0, 0.1) is 5.92 Å². The van der Waals surface area contributed by atoms with Crippen LogP contribution in [0.3, 0.4) is 0 Å². The quantitative estimate of drug-likeness (QED) is 0.882. The summed E-state index contributed by atoms with van der Waals surface area (Å²) in [4.78, 5) is 4.26. The molecule has 0 amide bonds. The summed E-state index contributed by atoms with van der Waals surface area (Å²) in [5.74, 6) is 0.945. The van der Waals surface area contributed by atoms with Gasteiger partial charge in [-0.3, -0.25) is 4.68 Å². The van der Waals surface area contributed by atoms with E-state index in [-0.39, 0.29) is 11.2 Å². The minimum absolute atomic E-state index is 0.140. The number of hydrogen-bond donors (Lipinski definition) is 1. The fourth-order valence-electron chi connectivity index (χ4n) is 3.11. The van der Waals surface area contributed by atoms with E-state index >= 15 is 0 Å². The van der Waals surface area contributed by atoms with Crippen molar-refractivity contribution in [3.63, 3.8) is 0 Å². The fraction of sp³-hybridized carbons (Fsp3) is 0.500. The molecule has 1 aliphatic carbocycles. The number of aromatic nitrogens is 3. The normalized spacial score (nSPS) is 21.9. The van der Waals surface area contributed by atoms with Gasteiger partial charge in [0.2, 0.25) is 10.0 Å². The summed E-state index contributed by atoms with van der Waals surface area (Å²) < 4.78 is 29.0. The van der Waals surface area contributed by atoms with Crippen molar-refractivity contribution < 1.29 is 8.42 Å². The number of hydrogen-bond acceptors (Lipinski definition) is 5. The predicted octanol–water partition coefficient (Wildman–Crippen LogP) is 1.31. The van der Waals surface area contributed by atoms with Crippen LogP contribution in [-0.4, -0.2) is 45.8 Å². The van der Waals surface area contributed by atoms with Crippen molar-refractivity contribution in [2.24, 2.45) is 5.92 Å². The third kappa shape index (κ3) is 3.16. The molecule has 4 rings (SSSR count). The average molecular weight is 347 g/mol. The van der Waals surface area contributed by atoms with E-state index in [0.717, 1.165) is 24.4 Å². The van der Waals surface area contributed by atoms with Crippen LogP contribution in [0.25, 0.3) is 0 Å². The Labute approximate surface area is 141 Å². The number of nitrogens with one attached hydrogen (secondary N) is 1. The van der Waals surface area contributed by atoms with E-state index in [9.17, 15) is 8.42 Å². The second-order valence-electron chi connectivity index (χ2n) is 6.50. The molecule has 2 aliphatic rings. The van der Waals surface area contributed by atoms with Gasteiger partial charge in [0.1, 0.15) is 5.82 Å². The van der Waals surface area contributed by atoms with Crippen molar-refractivity contribution >= 4 is 15.8 Å². The van der Waals surface area contributed by atoms with E-state index in [4.69, 9.17) is 0 Å². The van der Waals surface area contributed by atoms with Gasteiger partial charge in [-0.2, -0.15) is 9.40 Å². The summed E-state index contributed by atoms with van der Waals surface area (Å²) in [6.45, 7) is 2.30. The van der Waals surface area contributed by atoms with Gasteiger partial charge >= 0.3 is 0 Å². The summed E-state index contributed by atoms with van der Waals surface area (Å²) in [5.41, 5.74) is 0.958. The Hall–Kier alpha value is -1.93. The third-order valence-corrected chi connectivity index (χ3v) is 6.89. The van der Waals surface area contributed by atoms with Gasteiger partial charge in [-0.15, -0.1) is 0 Å². The van der Waals surface area contributed by atoms with Crippen molar-refractivity contribution in [1.29, 1.82) is 0 Å². The van der Waals surface area contributed by atoms with Crippen LogP contribution in [0.1, 0.15) is 18.5 Å². The molecule has 0 saturated heterocycles. The van der Waals surface area contributed by atoms with Crippen LogP contribution >= 0.6 is 0 Å². The van der Waals surface area contributed by atoms with Gasteiger partial charge in [0, 0.05) is 37.9 Å². The molecule has 1 atom stereocenters. The Bertz CT molecular complexity index is 801. The highest BCUT2D eigenvalue weighted by Crippen LogP contribution is 2.33. The number of sulfonamides is 1. The highest BCUT2D eigenvalue weighted by molar-refractivity contribution is 7.90. The highest BCUT2D eigenvalue weighted by Gasteiger charge is 2.41.